The van der Waals surface area contributed by atoms with Crippen molar-refractivity contribution in [1.82, 2.24) is 0 Å². The molecule has 4 heteroatoms. The second-order valence-electron chi connectivity index (χ2n) is 9.18. The third-order valence-electron chi connectivity index (χ3n) is 7.13. The topological polar surface area (TPSA) is 39.4 Å². The second kappa shape index (κ2) is 14.4. The minimum Gasteiger partial charge on any atom is -0.474 e. The molecule has 0 saturated heterocycles. The van der Waals surface area contributed by atoms with Crippen molar-refractivity contribution in [3.63, 3.8) is 0 Å². The van der Waals surface area contributed by atoms with E-state index in [0.717, 1.165) is 18.4 Å². The van der Waals surface area contributed by atoms with Crippen LogP contribution in [0.4, 0.5) is 0 Å². The maximum atomic E-state index is 11.7. The van der Waals surface area contributed by atoms with Crippen LogP contribution in [0.1, 0.15) is 96.3 Å². The molecular weight excluding hydrogens is 412 g/mol. The van der Waals surface area contributed by atoms with Crippen molar-refractivity contribution in [3.8, 4) is 0 Å². The zero-order valence-corrected chi connectivity index (χ0v) is 21.8. The average molecular weight is 457 g/mol. The smallest absolute Gasteiger partial charge is 0.303 e. The lowest BCUT2D eigenvalue weighted by Gasteiger charge is -2.24. The molecule has 2 rings (SSSR count). The Morgan fingerprint density at radius 1 is 0.906 bits per heavy atom. The van der Waals surface area contributed by atoms with Crippen LogP contribution in [0.25, 0.3) is 0 Å². The molecule has 0 bridgehead atoms. The quantitative estimate of drug-likeness (QED) is 0.146. The number of hydrogen-bond donors (Lipinski definition) is 0. The van der Waals surface area contributed by atoms with Gasteiger partial charge in [-0.2, -0.15) is 0 Å². The third kappa shape index (κ3) is 8.27. The van der Waals surface area contributed by atoms with Crippen molar-refractivity contribution in [2.75, 3.05) is 0 Å². The van der Waals surface area contributed by atoms with Crippen LogP contribution in [-0.2, 0) is 16.0 Å². The van der Waals surface area contributed by atoms with E-state index < -0.39 is 8.07 Å². The van der Waals surface area contributed by atoms with Crippen LogP contribution in [0, 0.1) is 0 Å². The Morgan fingerprint density at radius 3 is 2.09 bits per heavy atom. The van der Waals surface area contributed by atoms with Crippen molar-refractivity contribution in [1.29, 1.82) is 0 Å². The molecule has 0 aliphatic heterocycles. The molecule has 0 N–H and O–H groups in total. The Morgan fingerprint density at radius 2 is 1.50 bits per heavy atom. The highest BCUT2D eigenvalue weighted by molar-refractivity contribution is 6.90. The van der Waals surface area contributed by atoms with Crippen molar-refractivity contribution in [2.45, 2.75) is 110 Å². The molecule has 1 aromatic heterocycles. The molecule has 1 atom stereocenters. The number of carbonyl (C=O) groups is 1. The van der Waals surface area contributed by atoms with E-state index in [9.17, 15) is 4.79 Å². The van der Waals surface area contributed by atoms with E-state index in [0.29, 0.717) is 0 Å². The van der Waals surface area contributed by atoms with Gasteiger partial charge >= 0.3 is 5.97 Å². The highest BCUT2D eigenvalue weighted by atomic mass is 28.3. The van der Waals surface area contributed by atoms with Crippen LogP contribution in [0.15, 0.2) is 47.1 Å². The Hall–Kier alpha value is -1.81. The molecule has 0 fully saturated rings. The van der Waals surface area contributed by atoms with Crippen molar-refractivity contribution in [2.24, 2.45) is 0 Å². The van der Waals surface area contributed by atoms with Gasteiger partial charge in [0.15, 0.2) is 0 Å². The van der Waals surface area contributed by atoms with Gasteiger partial charge in [0.05, 0.1) is 11.6 Å². The number of ether oxygens (including phenoxy) is 1. The molecule has 3 nitrogen and oxygen atoms in total. The van der Waals surface area contributed by atoms with Gasteiger partial charge in [-0.25, -0.2) is 0 Å². The summed E-state index contributed by atoms with van der Waals surface area (Å²) in [5, 5.41) is 1.17. The molecule has 0 aliphatic rings. The predicted molar refractivity (Wildman–Crippen MR) is 137 cm³/mol. The first-order valence-electron chi connectivity index (χ1n) is 12.8. The summed E-state index contributed by atoms with van der Waals surface area (Å²) < 4.78 is 11.7. The molecular formula is C28H44O3Si. The number of aryl methyl sites for hydroxylation is 1. The molecule has 0 saturated carbocycles. The van der Waals surface area contributed by atoms with E-state index in [-0.39, 0.29) is 12.1 Å². The Balaban J connectivity index is 1.72. The van der Waals surface area contributed by atoms with Crippen LogP contribution in [0.2, 0.25) is 18.1 Å². The number of carbonyl (C=O) groups excluding carboxylic acids is 1. The average Bonchev–Trinajstić information content (AvgIpc) is 3.30. The third-order valence-corrected chi connectivity index (χ3v) is 12.5. The van der Waals surface area contributed by atoms with Gasteiger partial charge in [-0.05, 0) is 37.3 Å². The van der Waals surface area contributed by atoms with Gasteiger partial charge in [-0.1, -0.05) is 101 Å². The van der Waals surface area contributed by atoms with E-state index >= 15 is 0 Å². The lowest BCUT2D eigenvalue weighted by molar-refractivity contribution is -0.147. The number of benzene rings is 1. The van der Waals surface area contributed by atoms with Crippen LogP contribution in [0.5, 0.6) is 0 Å². The van der Waals surface area contributed by atoms with Crippen LogP contribution >= 0.6 is 0 Å². The summed E-state index contributed by atoms with van der Waals surface area (Å²) >= 11 is 0. The van der Waals surface area contributed by atoms with Crippen LogP contribution in [0.3, 0.4) is 0 Å². The standard InChI is InChI=1S/C28H44O3Si/c1-5-32(6-2,7-3)28-22-26(23-30-28)27(31-24(4)29)21-17-12-10-8-9-11-14-18-25-19-15-13-16-20-25/h13,15-16,19-20,22-23,27H,5-12,14,17-18,21H2,1-4H3. The van der Waals surface area contributed by atoms with Gasteiger partial charge in [-0.15, -0.1) is 0 Å². The lowest BCUT2D eigenvalue weighted by atomic mass is 10.0. The van der Waals surface area contributed by atoms with Gasteiger partial charge in [0.25, 0.3) is 0 Å². The Kier molecular flexibility index (Phi) is 11.9. The molecule has 0 amide bonds. The van der Waals surface area contributed by atoms with Gasteiger partial charge in [0.2, 0.25) is 0 Å². The lowest BCUT2D eigenvalue weighted by Crippen LogP contribution is -2.44. The minimum atomic E-state index is -1.55. The van der Waals surface area contributed by atoms with Crippen LogP contribution < -0.4 is 5.38 Å². The first-order valence-corrected chi connectivity index (χ1v) is 15.5. The summed E-state index contributed by atoms with van der Waals surface area (Å²) in [6, 6.07) is 16.5. The first kappa shape index (κ1) is 26.4. The molecule has 0 spiro atoms. The van der Waals surface area contributed by atoms with E-state index in [4.69, 9.17) is 9.15 Å². The molecule has 178 valence electrons. The summed E-state index contributed by atoms with van der Waals surface area (Å²) in [6.45, 7) is 8.36. The summed E-state index contributed by atoms with van der Waals surface area (Å²) in [4.78, 5) is 11.7. The normalized spacial score (nSPS) is 12.6. The van der Waals surface area contributed by atoms with E-state index in [1.54, 1.807) is 0 Å². The molecule has 0 aliphatic carbocycles. The molecule has 0 radical (unpaired) electrons. The van der Waals surface area contributed by atoms with Crippen molar-refractivity contribution in [3.05, 3.63) is 53.8 Å². The largest absolute Gasteiger partial charge is 0.474 e. The fourth-order valence-corrected chi connectivity index (χ4v) is 8.08. The number of unbranched alkanes of at least 4 members (excludes halogenated alkanes) is 6. The Bertz CT molecular complexity index is 756. The highest BCUT2D eigenvalue weighted by Gasteiger charge is 2.33. The van der Waals surface area contributed by atoms with E-state index in [1.807, 2.05) is 6.26 Å². The number of rotatable bonds is 16. The van der Waals surface area contributed by atoms with Gasteiger partial charge in [-0.3, -0.25) is 4.79 Å². The predicted octanol–water partition coefficient (Wildman–Crippen LogP) is 7.96. The molecule has 1 heterocycles. The summed E-state index contributed by atoms with van der Waals surface area (Å²) in [7, 11) is -1.55. The number of esters is 1. The molecule has 1 aromatic carbocycles. The zero-order valence-electron chi connectivity index (χ0n) is 20.8. The van der Waals surface area contributed by atoms with Gasteiger partial charge in [0.1, 0.15) is 14.2 Å². The summed E-state index contributed by atoms with van der Waals surface area (Å²) in [5.74, 6) is -0.207. The maximum Gasteiger partial charge on any atom is 0.303 e. The minimum absolute atomic E-state index is 0.173. The molecule has 32 heavy (non-hydrogen) atoms. The first-order chi connectivity index (χ1) is 15.5. The van der Waals surface area contributed by atoms with Crippen LogP contribution in [-0.4, -0.2) is 14.0 Å². The van der Waals surface area contributed by atoms with Crippen molar-refractivity contribution >= 4 is 19.4 Å². The highest BCUT2D eigenvalue weighted by Crippen LogP contribution is 2.28. The SMILES string of the molecule is CC[Si](CC)(CC)c1cc(C(CCCCCCCCCc2ccccc2)OC(C)=O)co1. The Labute approximate surface area is 197 Å². The maximum absolute atomic E-state index is 11.7. The molecule has 1 unspecified atom stereocenters. The second-order valence-corrected chi connectivity index (χ2v) is 14.4. The summed E-state index contributed by atoms with van der Waals surface area (Å²) in [5.41, 5.74) is 2.49. The number of furan rings is 1. The van der Waals surface area contributed by atoms with Crippen molar-refractivity contribution < 1.29 is 13.9 Å². The fourth-order valence-electron chi connectivity index (χ4n) is 4.75. The zero-order chi connectivity index (χ0) is 23.2. The fraction of sp³-hybridized carbons (Fsp3) is 0.607. The van der Waals surface area contributed by atoms with E-state index in [1.165, 1.54) is 80.9 Å². The van der Waals surface area contributed by atoms with Gasteiger partial charge < -0.3 is 9.15 Å². The monoisotopic (exact) mass is 456 g/mol. The van der Waals surface area contributed by atoms with Gasteiger partial charge in [0, 0.05) is 12.5 Å². The molecule has 2 aromatic rings. The summed E-state index contributed by atoms with van der Waals surface area (Å²) in [6.07, 6.45) is 12.5. The van der Waals surface area contributed by atoms with E-state index in [2.05, 4.69) is 57.2 Å². The number of hydrogen-bond acceptors (Lipinski definition) is 3.